The van der Waals surface area contributed by atoms with Crippen molar-refractivity contribution in [3.8, 4) is 0 Å². The minimum atomic E-state index is 0. The molecule has 20 heavy (non-hydrogen) atoms. The average molecular weight is 397 g/mol. The molecule has 0 saturated carbocycles. The molecule has 1 fully saturated rings. The van der Waals surface area contributed by atoms with Crippen LogP contribution in [0.1, 0.15) is 12.8 Å². The lowest BCUT2D eigenvalue weighted by Crippen LogP contribution is -2.43. The monoisotopic (exact) mass is 397 g/mol. The van der Waals surface area contributed by atoms with Crippen LogP contribution in [0.15, 0.2) is 4.99 Å². The Morgan fingerprint density at radius 2 is 1.50 bits per heavy atom. The van der Waals surface area contributed by atoms with Gasteiger partial charge in [0.2, 0.25) is 0 Å². The lowest BCUT2D eigenvalue weighted by Gasteiger charge is -2.35. The maximum absolute atomic E-state index is 4.69. The van der Waals surface area contributed by atoms with Crippen LogP contribution in [0.25, 0.3) is 0 Å². The highest BCUT2D eigenvalue weighted by Gasteiger charge is 2.19. The number of piperidine rings is 1. The number of hydrogen-bond acceptors (Lipinski definition) is 3. The minimum Gasteiger partial charge on any atom is -0.349 e. The molecule has 0 radical (unpaired) electrons. The van der Waals surface area contributed by atoms with Gasteiger partial charge < -0.3 is 19.6 Å². The van der Waals surface area contributed by atoms with Crippen molar-refractivity contribution in [2.24, 2.45) is 4.99 Å². The van der Waals surface area contributed by atoms with E-state index in [1.54, 1.807) is 0 Å². The highest BCUT2D eigenvalue weighted by Crippen LogP contribution is 2.13. The molecule has 0 unspecified atom stereocenters. The average Bonchev–Trinajstić information content (AvgIpc) is 2.34. The van der Waals surface area contributed by atoms with Crippen molar-refractivity contribution in [1.29, 1.82) is 0 Å². The number of aliphatic imine (C=N–C) groups is 1. The molecule has 0 aromatic rings. The van der Waals surface area contributed by atoms with E-state index in [2.05, 4.69) is 38.7 Å². The van der Waals surface area contributed by atoms with Crippen molar-refractivity contribution in [2.45, 2.75) is 18.9 Å². The fraction of sp³-hybridized carbons (Fsp3) is 0.929. The standard InChI is InChI=1S/C14H31N5.HI/c1-16(2)13-7-10-19(11-8-13)12-9-15-14(17(3)4)18(5)6;/h13H,7-12H2,1-6H3;1H. The Hall–Kier alpha value is -0.0800. The zero-order valence-electron chi connectivity index (χ0n) is 14.0. The summed E-state index contributed by atoms with van der Waals surface area (Å²) >= 11 is 0. The van der Waals surface area contributed by atoms with Gasteiger partial charge in [0.05, 0.1) is 6.54 Å². The molecule has 1 rings (SSSR count). The van der Waals surface area contributed by atoms with Crippen LogP contribution < -0.4 is 0 Å². The largest absolute Gasteiger partial charge is 0.349 e. The lowest BCUT2D eigenvalue weighted by atomic mass is 10.0. The summed E-state index contributed by atoms with van der Waals surface area (Å²) in [5, 5.41) is 0. The molecule has 0 aromatic heterocycles. The second kappa shape index (κ2) is 9.78. The molecular weight excluding hydrogens is 365 g/mol. The Kier molecular flexibility index (Phi) is 9.74. The van der Waals surface area contributed by atoms with Crippen molar-refractivity contribution in [3.05, 3.63) is 0 Å². The third-order valence-electron chi connectivity index (χ3n) is 3.76. The summed E-state index contributed by atoms with van der Waals surface area (Å²) in [7, 11) is 12.5. The van der Waals surface area contributed by atoms with Gasteiger partial charge in [0.1, 0.15) is 0 Å². The molecule has 0 N–H and O–H groups in total. The molecule has 1 aliphatic rings. The van der Waals surface area contributed by atoms with Crippen molar-refractivity contribution in [3.63, 3.8) is 0 Å². The van der Waals surface area contributed by atoms with E-state index in [1.807, 2.05) is 28.2 Å². The van der Waals surface area contributed by atoms with Crippen LogP contribution in [0.5, 0.6) is 0 Å². The zero-order chi connectivity index (χ0) is 14.4. The first-order valence-electron chi connectivity index (χ1n) is 7.19. The normalized spacial score (nSPS) is 16.8. The van der Waals surface area contributed by atoms with Gasteiger partial charge in [0.15, 0.2) is 5.96 Å². The second-order valence-electron chi connectivity index (χ2n) is 6.01. The van der Waals surface area contributed by atoms with Crippen molar-refractivity contribution < 1.29 is 0 Å². The van der Waals surface area contributed by atoms with E-state index in [0.717, 1.165) is 25.1 Å². The molecule has 1 aliphatic heterocycles. The van der Waals surface area contributed by atoms with E-state index in [-0.39, 0.29) is 24.0 Å². The summed E-state index contributed by atoms with van der Waals surface area (Å²) in [5.74, 6) is 1.04. The highest BCUT2D eigenvalue weighted by molar-refractivity contribution is 14.0. The van der Waals surface area contributed by atoms with Gasteiger partial charge in [-0.05, 0) is 40.0 Å². The molecule has 1 saturated heterocycles. The fourth-order valence-electron chi connectivity index (χ4n) is 2.63. The molecule has 0 aromatic carbocycles. The zero-order valence-corrected chi connectivity index (χ0v) is 16.3. The third-order valence-corrected chi connectivity index (χ3v) is 3.76. The van der Waals surface area contributed by atoms with Gasteiger partial charge in [-0.1, -0.05) is 0 Å². The first-order chi connectivity index (χ1) is 8.91. The van der Waals surface area contributed by atoms with Crippen LogP contribution in [0.2, 0.25) is 0 Å². The van der Waals surface area contributed by atoms with Crippen LogP contribution in [0, 0.1) is 0 Å². The molecule has 1 heterocycles. The SMILES string of the molecule is CN(C)C(=NCCN1CCC(N(C)C)CC1)N(C)C.I. The summed E-state index contributed by atoms with van der Waals surface area (Å²) in [6, 6.07) is 0.763. The molecule has 5 nitrogen and oxygen atoms in total. The molecule has 0 spiro atoms. The van der Waals surface area contributed by atoms with Crippen molar-refractivity contribution in [1.82, 2.24) is 19.6 Å². The van der Waals surface area contributed by atoms with Gasteiger partial charge in [-0.15, -0.1) is 24.0 Å². The summed E-state index contributed by atoms with van der Waals surface area (Å²) in [6.45, 7) is 4.37. The molecule has 0 atom stereocenters. The summed E-state index contributed by atoms with van der Waals surface area (Å²) in [5.41, 5.74) is 0. The molecule has 120 valence electrons. The van der Waals surface area contributed by atoms with Crippen molar-refractivity contribution in [2.75, 3.05) is 68.5 Å². The Balaban J connectivity index is 0.00000361. The van der Waals surface area contributed by atoms with E-state index >= 15 is 0 Å². The van der Waals surface area contributed by atoms with E-state index < -0.39 is 0 Å². The first kappa shape index (κ1) is 19.9. The summed E-state index contributed by atoms with van der Waals surface area (Å²) in [6.07, 6.45) is 2.57. The van der Waals surface area contributed by atoms with Gasteiger partial charge in [0.25, 0.3) is 0 Å². The maximum atomic E-state index is 4.69. The van der Waals surface area contributed by atoms with E-state index in [9.17, 15) is 0 Å². The van der Waals surface area contributed by atoms with Gasteiger partial charge in [-0.2, -0.15) is 0 Å². The quantitative estimate of drug-likeness (QED) is 0.403. The maximum Gasteiger partial charge on any atom is 0.195 e. The molecule has 6 heteroatoms. The van der Waals surface area contributed by atoms with Crippen LogP contribution in [0.3, 0.4) is 0 Å². The first-order valence-corrected chi connectivity index (χ1v) is 7.19. The second-order valence-corrected chi connectivity index (χ2v) is 6.01. The van der Waals surface area contributed by atoms with Crippen LogP contribution >= 0.6 is 24.0 Å². The predicted molar refractivity (Wildman–Crippen MR) is 98.2 cm³/mol. The summed E-state index contributed by atoms with van der Waals surface area (Å²) in [4.78, 5) is 13.7. The number of guanidine groups is 1. The van der Waals surface area contributed by atoms with Crippen molar-refractivity contribution >= 4 is 29.9 Å². The Labute approximate surface area is 142 Å². The van der Waals surface area contributed by atoms with Crippen LogP contribution in [-0.2, 0) is 0 Å². The van der Waals surface area contributed by atoms with E-state index in [0.29, 0.717) is 0 Å². The van der Waals surface area contributed by atoms with Gasteiger partial charge in [0, 0.05) is 40.8 Å². The predicted octanol–water partition coefficient (Wildman–Crippen LogP) is 1.11. The number of likely N-dealkylation sites (tertiary alicyclic amines) is 1. The fourth-order valence-corrected chi connectivity index (χ4v) is 2.63. The van der Waals surface area contributed by atoms with E-state index in [1.165, 1.54) is 25.9 Å². The summed E-state index contributed by atoms with van der Waals surface area (Å²) < 4.78 is 0. The Bertz CT molecular complexity index is 273. The number of nitrogens with zero attached hydrogens (tertiary/aromatic N) is 5. The van der Waals surface area contributed by atoms with Crippen LogP contribution in [-0.4, -0.2) is 100 Å². The number of halogens is 1. The van der Waals surface area contributed by atoms with Gasteiger partial charge in [-0.25, -0.2) is 0 Å². The third kappa shape index (κ3) is 6.58. The number of rotatable bonds is 4. The molecule has 0 amide bonds. The van der Waals surface area contributed by atoms with Crippen LogP contribution in [0.4, 0.5) is 0 Å². The van der Waals surface area contributed by atoms with Gasteiger partial charge in [-0.3, -0.25) is 4.99 Å². The number of hydrogen-bond donors (Lipinski definition) is 0. The highest BCUT2D eigenvalue weighted by atomic mass is 127. The minimum absolute atomic E-state index is 0. The molecule has 0 aliphatic carbocycles. The Morgan fingerprint density at radius 1 is 1.00 bits per heavy atom. The Morgan fingerprint density at radius 3 is 1.90 bits per heavy atom. The topological polar surface area (TPSA) is 25.3 Å². The van der Waals surface area contributed by atoms with Gasteiger partial charge >= 0.3 is 0 Å². The molecular formula is C14H32IN5. The molecule has 0 bridgehead atoms. The van der Waals surface area contributed by atoms with E-state index in [4.69, 9.17) is 0 Å². The lowest BCUT2D eigenvalue weighted by molar-refractivity contribution is 0.148. The smallest absolute Gasteiger partial charge is 0.195 e.